The van der Waals surface area contributed by atoms with Crippen molar-refractivity contribution in [2.45, 2.75) is 47.5 Å². The molecular formula is C8H22O. The highest BCUT2D eigenvalue weighted by atomic mass is 16.2. The zero-order valence-corrected chi connectivity index (χ0v) is 7.57. The third-order valence-electron chi connectivity index (χ3n) is 0.512. The van der Waals surface area contributed by atoms with Gasteiger partial charge in [-0.3, -0.25) is 0 Å². The highest BCUT2D eigenvalue weighted by molar-refractivity contribution is 4.23. The van der Waals surface area contributed by atoms with Crippen molar-refractivity contribution in [2.75, 3.05) is 6.61 Å². The zero-order valence-electron chi connectivity index (χ0n) is 7.57. The Labute approximate surface area is 60.1 Å². The minimum absolute atomic E-state index is 0.344. The SMILES string of the molecule is CC.CC.CCCCO. The van der Waals surface area contributed by atoms with E-state index in [0.717, 1.165) is 12.8 Å². The monoisotopic (exact) mass is 134 g/mol. The Morgan fingerprint density at radius 3 is 1.33 bits per heavy atom. The second kappa shape index (κ2) is 44.0. The fourth-order valence-electron chi connectivity index (χ4n) is 0.158. The maximum absolute atomic E-state index is 8.07. The normalized spacial score (nSPS) is 6.00. The first-order valence-electron chi connectivity index (χ1n) is 4.02. The van der Waals surface area contributed by atoms with E-state index in [0.29, 0.717) is 6.61 Å². The molecule has 0 fully saturated rings. The lowest BCUT2D eigenvalue weighted by Crippen LogP contribution is -1.75. The molecule has 0 atom stereocenters. The first-order chi connectivity index (χ1) is 4.41. The highest BCUT2D eigenvalue weighted by Gasteiger charge is 1.69. The minimum Gasteiger partial charge on any atom is -0.396 e. The largest absolute Gasteiger partial charge is 0.396 e. The van der Waals surface area contributed by atoms with Crippen LogP contribution in [-0.4, -0.2) is 11.7 Å². The molecular weight excluding hydrogens is 112 g/mol. The molecule has 9 heavy (non-hydrogen) atoms. The van der Waals surface area contributed by atoms with Crippen LogP contribution in [0.3, 0.4) is 0 Å². The maximum atomic E-state index is 8.07. The molecule has 0 amide bonds. The van der Waals surface area contributed by atoms with Crippen molar-refractivity contribution in [3.63, 3.8) is 0 Å². The Morgan fingerprint density at radius 2 is 1.33 bits per heavy atom. The summed E-state index contributed by atoms with van der Waals surface area (Å²) in [7, 11) is 0. The average molecular weight is 134 g/mol. The van der Waals surface area contributed by atoms with Crippen LogP contribution in [0.15, 0.2) is 0 Å². The first-order valence-corrected chi connectivity index (χ1v) is 4.02. The van der Waals surface area contributed by atoms with Gasteiger partial charge in [-0.25, -0.2) is 0 Å². The number of aliphatic hydroxyl groups is 1. The summed E-state index contributed by atoms with van der Waals surface area (Å²) >= 11 is 0. The Bertz CT molecular complexity index is 12.0. The van der Waals surface area contributed by atoms with Crippen LogP contribution in [0.1, 0.15) is 47.5 Å². The molecule has 0 aromatic carbocycles. The van der Waals surface area contributed by atoms with Gasteiger partial charge < -0.3 is 5.11 Å². The average Bonchev–Trinajstić information content (AvgIpc) is 1.98. The molecule has 0 aliphatic heterocycles. The van der Waals surface area contributed by atoms with Crippen LogP contribution < -0.4 is 0 Å². The summed E-state index contributed by atoms with van der Waals surface area (Å²) < 4.78 is 0. The fourth-order valence-corrected chi connectivity index (χ4v) is 0.158. The molecule has 0 rings (SSSR count). The van der Waals surface area contributed by atoms with Gasteiger partial charge in [0.1, 0.15) is 0 Å². The fraction of sp³-hybridized carbons (Fsp3) is 1.00. The van der Waals surface area contributed by atoms with Gasteiger partial charge in [0.2, 0.25) is 0 Å². The predicted molar refractivity (Wildman–Crippen MR) is 44.7 cm³/mol. The van der Waals surface area contributed by atoms with Gasteiger partial charge in [0.25, 0.3) is 0 Å². The molecule has 0 radical (unpaired) electrons. The molecule has 0 spiro atoms. The van der Waals surface area contributed by atoms with Crippen molar-refractivity contribution in [3.8, 4) is 0 Å². The van der Waals surface area contributed by atoms with Gasteiger partial charge in [-0.2, -0.15) is 0 Å². The molecule has 0 heterocycles. The van der Waals surface area contributed by atoms with Gasteiger partial charge in [0, 0.05) is 6.61 Å². The standard InChI is InChI=1S/C4H10O.2C2H6/c1-2-3-4-5;2*1-2/h5H,2-4H2,1H3;2*1-2H3. The quantitative estimate of drug-likeness (QED) is 0.615. The van der Waals surface area contributed by atoms with Crippen LogP contribution in [0.2, 0.25) is 0 Å². The summed E-state index contributed by atoms with van der Waals surface area (Å²) in [5.41, 5.74) is 0. The molecule has 0 aromatic heterocycles. The maximum Gasteiger partial charge on any atom is 0.0430 e. The number of hydrogen-bond acceptors (Lipinski definition) is 1. The third kappa shape index (κ3) is 73.6. The molecule has 0 aromatic rings. The van der Waals surface area contributed by atoms with Crippen LogP contribution >= 0.6 is 0 Å². The van der Waals surface area contributed by atoms with Gasteiger partial charge in [-0.05, 0) is 6.42 Å². The Kier molecular flexibility index (Phi) is 78.2. The van der Waals surface area contributed by atoms with Crippen LogP contribution in [0.25, 0.3) is 0 Å². The van der Waals surface area contributed by atoms with Crippen LogP contribution in [0.4, 0.5) is 0 Å². The molecule has 0 bridgehead atoms. The number of unbranched alkanes of at least 4 members (excludes halogenated alkanes) is 1. The highest BCUT2D eigenvalue weighted by Crippen LogP contribution is 1.78. The van der Waals surface area contributed by atoms with Gasteiger partial charge in [-0.1, -0.05) is 41.0 Å². The van der Waals surface area contributed by atoms with Crippen molar-refractivity contribution in [3.05, 3.63) is 0 Å². The van der Waals surface area contributed by atoms with E-state index in [1.165, 1.54) is 0 Å². The molecule has 1 nitrogen and oxygen atoms in total. The molecule has 1 heteroatoms. The third-order valence-corrected chi connectivity index (χ3v) is 0.512. The van der Waals surface area contributed by atoms with Crippen molar-refractivity contribution in [1.29, 1.82) is 0 Å². The van der Waals surface area contributed by atoms with Crippen molar-refractivity contribution < 1.29 is 5.11 Å². The van der Waals surface area contributed by atoms with Gasteiger partial charge >= 0.3 is 0 Å². The summed E-state index contributed by atoms with van der Waals surface area (Å²) in [5.74, 6) is 0. The van der Waals surface area contributed by atoms with E-state index in [1.807, 2.05) is 27.7 Å². The van der Waals surface area contributed by atoms with Gasteiger partial charge in [-0.15, -0.1) is 0 Å². The summed E-state index contributed by atoms with van der Waals surface area (Å²) in [5, 5.41) is 8.07. The van der Waals surface area contributed by atoms with E-state index in [9.17, 15) is 0 Å². The van der Waals surface area contributed by atoms with E-state index in [2.05, 4.69) is 6.92 Å². The molecule has 60 valence electrons. The van der Waals surface area contributed by atoms with E-state index < -0.39 is 0 Å². The van der Waals surface area contributed by atoms with E-state index in [-0.39, 0.29) is 0 Å². The Morgan fingerprint density at radius 1 is 1.00 bits per heavy atom. The van der Waals surface area contributed by atoms with Crippen LogP contribution in [-0.2, 0) is 0 Å². The number of rotatable bonds is 2. The Balaban J connectivity index is -0.0000000771. The number of hydrogen-bond donors (Lipinski definition) is 1. The molecule has 1 N–H and O–H groups in total. The molecule has 0 saturated carbocycles. The predicted octanol–water partition coefficient (Wildman–Crippen LogP) is 2.83. The van der Waals surface area contributed by atoms with Crippen molar-refractivity contribution >= 4 is 0 Å². The number of aliphatic hydroxyl groups excluding tert-OH is 1. The second-order valence-electron chi connectivity index (χ2n) is 1.08. The lowest BCUT2D eigenvalue weighted by atomic mass is 10.4. The summed E-state index contributed by atoms with van der Waals surface area (Å²) in [6, 6.07) is 0. The van der Waals surface area contributed by atoms with E-state index in [1.54, 1.807) is 0 Å². The summed E-state index contributed by atoms with van der Waals surface area (Å²) in [4.78, 5) is 0. The smallest absolute Gasteiger partial charge is 0.0430 e. The zero-order chi connectivity index (χ0) is 8.12. The molecule has 0 aliphatic rings. The Hall–Kier alpha value is -0.0400. The lowest BCUT2D eigenvalue weighted by molar-refractivity contribution is 0.287. The second-order valence-corrected chi connectivity index (χ2v) is 1.08. The van der Waals surface area contributed by atoms with Crippen molar-refractivity contribution in [1.82, 2.24) is 0 Å². The van der Waals surface area contributed by atoms with Gasteiger partial charge in [0.05, 0.1) is 0 Å². The summed E-state index contributed by atoms with van der Waals surface area (Å²) in [6.07, 6.45) is 2.04. The molecule has 0 aliphatic carbocycles. The van der Waals surface area contributed by atoms with Crippen LogP contribution in [0, 0.1) is 0 Å². The summed E-state index contributed by atoms with van der Waals surface area (Å²) in [6.45, 7) is 10.4. The topological polar surface area (TPSA) is 20.2 Å². The first kappa shape index (κ1) is 16.0. The lowest BCUT2D eigenvalue weighted by Gasteiger charge is -1.79. The van der Waals surface area contributed by atoms with Crippen molar-refractivity contribution in [2.24, 2.45) is 0 Å². The molecule has 0 unspecified atom stereocenters. The minimum atomic E-state index is 0.344. The van der Waals surface area contributed by atoms with E-state index in [4.69, 9.17) is 5.11 Å². The van der Waals surface area contributed by atoms with Crippen LogP contribution in [0.5, 0.6) is 0 Å². The van der Waals surface area contributed by atoms with Gasteiger partial charge in [0.15, 0.2) is 0 Å². The molecule has 0 saturated heterocycles. The van der Waals surface area contributed by atoms with E-state index >= 15 is 0 Å².